The molecular weight excluding hydrogens is 324 g/mol. The van der Waals surface area contributed by atoms with Crippen molar-refractivity contribution in [3.05, 3.63) is 18.0 Å². The number of carbonyl (C=O) groups is 1. The summed E-state index contributed by atoms with van der Waals surface area (Å²) in [6.45, 7) is 17.8. The highest BCUT2D eigenvalue weighted by molar-refractivity contribution is 5.81. The molecule has 0 N–H and O–H groups in total. The van der Waals surface area contributed by atoms with E-state index in [1.165, 1.54) is 5.56 Å². The van der Waals surface area contributed by atoms with E-state index in [0.29, 0.717) is 12.0 Å². The molecule has 5 heteroatoms. The minimum Gasteiger partial charge on any atom is -0.343 e. The fourth-order valence-corrected chi connectivity index (χ4v) is 4.49. The molecule has 0 spiro atoms. The predicted octanol–water partition coefficient (Wildman–Crippen LogP) is 3.87. The summed E-state index contributed by atoms with van der Waals surface area (Å²) in [6, 6.07) is 0.382. The van der Waals surface area contributed by atoms with Gasteiger partial charge in [0.15, 0.2) is 0 Å². The van der Waals surface area contributed by atoms with E-state index in [1.807, 2.05) is 22.8 Å². The number of rotatable bonds is 6. The predicted molar refractivity (Wildman–Crippen MR) is 107 cm³/mol. The Labute approximate surface area is 159 Å². The standard InChI is InChI=1S/C21H38N4O/c1-9-24(10-2)19(26)21(6,7)12-16-11-18(17-13-22-23(8)15-17)25(14-16)20(3,4)5/h13,15-16,18H,9-12,14H2,1-8H3. The van der Waals surface area contributed by atoms with Crippen molar-refractivity contribution in [2.45, 2.75) is 72.9 Å². The molecule has 26 heavy (non-hydrogen) atoms. The van der Waals surface area contributed by atoms with Gasteiger partial charge in [-0.2, -0.15) is 5.10 Å². The van der Waals surface area contributed by atoms with Gasteiger partial charge in [-0.3, -0.25) is 14.4 Å². The highest BCUT2D eigenvalue weighted by atomic mass is 16.2. The molecule has 1 aliphatic heterocycles. The number of nitrogens with zero attached hydrogens (tertiary/aromatic N) is 4. The summed E-state index contributed by atoms with van der Waals surface area (Å²) in [6.07, 6.45) is 6.17. The normalized spacial score (nSPS) is 22.0. The van der Waals surface area contributed by atoms with Gasteiger partial charge in [-0.25, -0.2) is 0 Å². The Kier molecular flexibility index (Phi) is 6.21. The Hall–Kier alpha value is -1.36. The lowest BCUT2D eigenvalue weighted by Gasteiger charge is -2.37. The molecule has 2 heterocycles. The molecule has 0 aromatic carbocycles. The molecular formula is C21H38N4O. The maximum absolute atomic E-state index is 12.9. The molecule has 1 aliphatic rings. The van der Waals surface area contributed by atoms with Crippen LogP contribution in [0, 0.1) is 11.3 Å². The van der Waals surface area contributed by atoms with Crippen molar-refractivity contribution < 1.29 is 4.79 Å². The van der Waals surface area contributed by atoms with Crippen LogP contribution in [0.4, 0.5) is 0 Å². The summed E-state index contributed by atoms with van der Waals surface area (Å²) < 4.78 is 1.89. The van der Waals surface area contributed by atoms with Crippen LogP contribution in [0.5, 0.6) is 0 Å². The highest BCUT2D eigenvalue weighted by Gasteiger charge is 2.43. The van der Waals surface area contributed by atoms with Crippen molar-refractivity contribution in [1.29, 1.82) is 0 Å². The molecule has 0 radical (unpaired) electrons. The maximum Gasteiger partial charge on any atom is 0.228 e. The van der Waals surface area contributed by atoms with Crippen LogP contribution >= 0.6 is 0 Å². The summed E-state index contributed by atoms with van der Waals surface area (Å²) in [5, 5.41) is 4.38. The maximum atomic E-state index is 12.9. The van der Waals surface area contributed by atoms with E-state index in [4.69, 9.17) is 0 Å². The van der Waals surface area contributed by atoms with Crippen molar-refractivity contribution >= 4 is 5.91 Å². The van der Waals surface area contributed by atoms with Crippen LogP contribution in [0.3, 0.4) is 0 Å². The van der Waals surface area contributed by atoms with Crippen LogP contribution in [0.2, 0.25) is 0 Å². The minimum absolute atomic E-state index is 0.0995. The molecule has 1 fully saturated rings. The molecule has 0 bridgehead atoms. The Morgan fingerprint density at radius 2 is 1.85 bits per heavy atom. The highest BCUT2D eigenvalue weighted by Crippen LogP contribution is 2.44. The van der Waals surface area contributed by atoms with E-state index in [2.05, 4.69) is 64.7 Å². The topological polar surface area (TPSA) is 41.4 Å². The van der Waals surface area contributed by atoms with Gasteiger partial charge >= 0.3 is 0 Å². The number of hydrogen-bond donors (Lipinski definition) is 0. The lowest BCUT2D eigenvalue weighted by Crippen LogP contribution is -2.43. The van der Waals surface area contributed by atoms with Crippen LogP contribution in [0.1, 0.15) is 72.9 Å². The Bertz CT molecular complexity index is 610. The second kappa shape index (κ2) is 7.71. The SMILES string of the molecule is CCN(CC)C(=O)C(C)(C)CC1CC(c2cnn(C)c2)N(C(C)(C)C)C1. The molecule has 2 rings (SSSR count). The third-order valence-corrected chi connectivity index (χ3v) is 5.79. The fraction of sp³-hybridized carbons (Fsp3) is 0.810. The molecule has 1 aromatic heterocycles. The molecule has 5 nitrogen and oxygen atoms in total. The lowest BCUT2D eigenvalue weighted by molar-refractivity contribution is -0.140. The van der Waals surface area contributed by atoms with Gasteiger partial charge in [-0.1, -0.05) is 13.8 Å². The first-order chi connectivity index (χ1) is 12.0. The smallest absolute Gasteiger partial charge is 0.228 e. The number of likely N-dealkylation sites (tertiary alicyclic amines) is 1. The zero-order valence-electron chi connectivity index (χ0n) is 18.0. The fourth-order valence-electron chi connectivity index (χ4n) is 4.49. The Morgan fingerprint density at radius 3 is 2.31 bits per heavy atom. The molecule has 1 saturated heterocycles. The molecule has 148 valence electrons. The van der Waals surface area contributed by atoms with Gasteiger partial charge in [0.1, 0.15) is 0 Å². The van der Waals surface area contributed by atoms with Gasteiger partial charge in [0.05, 0.1) is 6.20 Å². The molecule has 2 unspecified atom stereocenters. The average molecular weight is 363 g/mol. The summed E-state index contributed by atoms with van der Waals surface area (Å²) >= 11 is 0. The molecule has 1 aromatic rings. The van der Waals surface area contributed by atoms with Crippen molar-refractivity contribution in [2.24, 2.45) is 18.4 Å². The first-order valence-corrected chi connectivity index (χ1v) is 10.0. The quantitative estimate of drug-likeness (QED) is 0.771. The third kappa shape index (κ3) is 4.48. The summed E-state index contributed by atoms with van der Waals surface area (Å²) in [5.74, 6) is 0.809. The number of hydrogen-bond acceptors (Lipinski definition) is 3. The first kappa shape index (κ1) is 20.9. The Balaban J connectivity index is 2.17. The minimum atomic E-state index is -0.315. The average Bonchev–Trinajstić information content (AvgIpc) is 3.13. The van der Waals surface area contributed by atoms with Crippen molar-refractivity contribution in [1.82, 2.24) is 19.6 Å². The second-order valence-electron chi connectivity index (χ2n) is 9.45. The van der Waals surface area contributed by atoms with Crippen LogP contribution in [-0.2, 0) is 11.8 Å². The van der Waals surface area contributed by atoms with Gasteiger partial charge in [-0.05, 0) is 53.4 Å². The largest absolute Gasteiger partial charge is 0.343 e. The van der Waals surface area contributed by atoms with Gasteiger partial charge in [0.25, 0.3) is 0 Å². The zero-order chi connectivity index (χ0) is 19.7. The zero-order valence-corrected chi connectivity index (χ0v) is 18.0. The van der Waals surface area contributed by atoms with E-state index < -0.39 is 0 Å². The number of carbonyl (C=O) groups excluding carboxylic acids is 1. The summed E-state index contributed by atoms with van der Waals surface area (Å²) in [4.78, 5) is 17.5. The molecule has 0 saturated carbocycles. The van der Waals surface area contributed by atoms with E-state index in [9.17, 15) is 4.79 Å². The van der Waals surface area contributed by atoms with Crippen LogP contribution < -0.4 is 0 Å². The van der Waals surface area contributed by atoms with Gasteiger partial charge < -0.3 is 4.90 Å². The molecule has 2 atom stereocenters. The third-order valence-electron chi connectivity index (χ3n) is 5.79. The number of aryl methyl sites for hydroxylation is 1. The van der Waals surface area contributed by atoms with Gasteiger partial charge in [-0.15, -0.1) is 0 Å². The molecule has 0 aliphatic carbocycles. The first-order valence-electron chi connectivity index (χ1n) is 10.0. The summed E-state index contributed by atoms with van der Waals surface area (Å²) in [7, 11) is 1.98. The van der Waals surface area contributed by atoms with E-state index in [1.54, 1.807) is 0 Å². The van der Waals surface area contributed by atoms with Gasteiger partial charge in [0.2, 0.25) is 5.91 Å². The van der Waals surface area contributed by atoms with Crippen LogP contribution in [0.15, 0.2) is 12.4 Å². The van der Waals surface area contributed by atoms with E-state index >= 15 is 0 Å². The molecule has 1 amide bonds. The van der Waals surface area contributed by atoms with Crippen molar-refractivity contribution in [3.8, 4) is 0 Å². The van der Waals surface area contributed by atoms with Crippen LogP contribution in [-0.4, -0.2) is 50.7 Å². The summed E-state index contributed by atoms with van der Waals surface area (Å²) in [5.41, 5.74) is 1.07. The number of amides is 1. The van der Waals surface area contributed by atoms with E-state index in [-0.39, 0.29) is 16.9 Å². The van der Waals surface area contributed by atoms with Crippen LogP contribution in [0.25, 0.3) is 0 Å². The lowest BCUT2D eigenvalue weighted by atomic mass is 9.80. The van der Waals surface area contributed by atoms with E-state index in [0.717, 1.165) is 32.5 Å². The van der Waals surface area contributed by atoms with Crippen molar-refractivity contribution in [2.75, 3.05) is 19.6 Å². The second-order valence-corrected chi connectivity index (χ2v) is 9.45. The monoisotopic (exact) mass is 362 g/mol. The van der Waals surface area contributed by atoms with Gasteiger partial charge in [0, 0.05) is 55.4 Å². The van der Waals surface area contributed by atoms with Crippen molar-refractivity contribution in [3.63, 3.8) is 0 Å². The Morgan fingerprint density at radius 1 is 1.23 bits per heavy atom. The number of aromatic nitrogens is 2.